The van der Waals surface area contributed by atoms with Gasteiger partial charge in [-0.25, -0.2) is 4.79 Å². The fourth-order valence-corrected chi connectivity index (χ4v) is 2.55. The van der Waals surface area contributed by atoms with Crippen molar-refractivity contribution in [1.82, 2.24) is 14.0 Å². The second-order valence-electron chi connectivity index (χ2n) is 7.73. The number of anilines is 2. The summed E-state index contributed by atoms with van der Waals surface area (Å²) in [6.45, 7) is 5.31. The van der Waals surface area contributed by atoms with Crippen molar-refractivity contribution in [2.24, 2.45) is 14.1 Å². The monoisotopic (exact) mass is 389 g/mol. The Labute approximate surface area is 164 Å². The maximum atomic E-state index is 12.6. The second-order valence-corrected chi connectivity index (χ2v) is 7.73. The van der Waals surface area contributed by atoms with Crippen molar-refractivity contribution in [3.05, 3.63) is 35.9 Å². The van der Waals surface area contributed by atoms with Gasteiger partial charge in [0, 0.05) is 40.6 Å². The largest absolute Gasteiger partial charge is 0.444 e. The number of nitrogens with zero attached hydrogens (tertiary/aromatic N) is 3. The number of rotatable bonds is 4. The van der Waals surface area contributed by atoms with Crippen molar-refractivity contribution in [1.29, 1.82) is 0 Å². The van der Waals surface area contributed by atoms with E-state index in [4.69, 9.17) is 4.74 Å². The Balaban J connectivity index is 2.11. The Morgan fingerprint density at radius 1 is 0.929 bits per heavy atom. The molecule has 2 aromatic heterocycles. The number of ether oxygens (including phenoxy) is 1. The number of nitrogens with one attached hydrogen (secondary N) is 2. The van der Waals surface area contributed by atoms with Gasteiger partial charge < -0.3 is 24.1 Å². The standard InChI is InChI=1S/C19H27N5O4/c1-19(2,3)28-18(27)21-13-8-14(23(6)11-13)16(25)20-12-9-15(24(7)10-12)17(26)22(4)5/h8-11H,1-7H3,(H,20,25)(H,21,27). The molecule has 2 N–H and O–H groups in total. The predicted octanol–water partition coefficient (Wildman–Crippen LogP) is 2.66. The molecule has 0 aromatic carbocycles. The first-order chi connectivity index (χ1) is 12.9. The molecule has 2 rings (SSSR count). The Morgan fingerprint density at radius 2 is 1.43 bits per heavy atom. The third-order valence-electron chi connectivity index (χ3n) is 3.77. The lowest BCUT2D eigenvalue weighted by Crippen LogP contribution is -2.27. The molecule has 0 unspecified atom stereocenters. The molecule has 9 nitrogen and oxygen atoms in total. The maximum absolute atomic E-state index is 12.6. The summed E-state index contributed by atoms with van der Waals surface area (Å²) in [4.78, 5) is 38.1. The zero-order chi connectivity index (χ0) is 21.2. The summed E-state index contributed by atoms with van der Waals surface area (Å²) in [5, 5.41) is 5.37. The number of hydrogen-bond acceptors (Lipinski definition) is 4. The van der Waals surface area contributed by atoms with Crippen molar-refractivity contribution in [3.8, 4) is 0 Å². The number of aromatic nitrogens is 2. The van der Waals surface area contributed by atoms with Crippen LogP contribution < -0.4 is 10.6 Å². The highest BCUT2D eigenvalue weighted by molar-refractivity contribution is 6.05. The van der Waals surface area contributed by atoms with Crippen molar-refractivity contribution in [2.45, 2.75) is 26.4 Å². The molecule has 9 heteroatoms. The van der Waals surface area contributed by atoms with E-state index in [9.17, 15) is 14.4 Å². The van der Waals surface area contributed by atoms with E-state index in [-0.39, 0.29) is 11.8 Å². The Hall–Kier alpha value is -3.23. The van der Waals surface area contributed by atoms with E-state index in [0.29, 0.717) is 22.8 Å². The summed E-state index contributed by atoms with van der Waals surface area (Å²) >= 11 is 0. The van der Waals surface area contributed by atoms with Crippen LogP contribution in [0.4, 0.5) is 16.2 Å². The smallest absolute Gasteiger partial charge is 0.412 e. The maximum Gasteiger partial charge on any atom is 0.412 e. The molecule has 0 aliphatic carbocycles. The van der Waals surface area contributed by atoms with Gasteiger partial charge >= 0.3 is 6.09 Å². The van der Waals surface area contributed by atoms with Crippen LogP contribution in [-0.2, 0) is 18.8 Å². The summed E-state index contributed by atoms with van der Waals surface area (Å²) in [7, 11) is 6.76. The van der Waals surface area contributed by atoms with E-state index < -0.39 is 11.7 Å². The quantitative estimate of drug-likeness (QED) is 0.840. The van der Waals surface area contributed by atoms with E-state index in [1.165, 1.54) is 4.90 Å². The SMILES string of the molecule is CN(C)C(=O)c1cc(NC(=O)c2cc(NC(=O)OC(C)(C)C)cn2C)cn1C. The number of carbonyl (C=O) groups is 3. The molecule has 3 amide bonds. The molecule has 28 heavy (non-hydrogen) atoms. The van der Waals surface area contributed by atoms with Gasteiger partial charge in [0.2, 0.25) is 0 Å². The topological polar surface area (TPSA) is 97.6 Å². The zero-order valence-electron chi connectivity index (χ0n) is 17.3. The summed E-state index contributed by atoms with van der Waals surface area (Å²) in [6, 6.07) is 3.16. The molecule has 0 bridgehead atoms. The van der Waals surface area contributed by atoms with Crippen molar-refractivity contribution in [3.63, 3.8) is 0 Å². The average Bonchev–Trinajstić information content (AvgIpc) is 3.06. The van der Waals surface area contributed by atoms with E-state index >= 15 is 0 Å². The number of carbonyl (C=O) groups excluding carboxylic acids is 3. The van der Waals surface area contributed by atoms with Gasteiger partial charge in [-0.2, -0.15) is 0 Å². The van der Waals surface area contributed by atoms with Crippen LogP contribution in [0.5, 0.6) is 0 Å². The summed E-state index contributed by atoms with van der Waals surface area (Å²) in [5.74, 6) is -0.528. The fourth-order valence-electron chi connectivity index (χ4n) is 2.55. The highest BCUT2D eigenvalue weighted by Crippen LogP contribution is 2.19. The van der Waals surface area contributed by atoms with Crippen LogP contribution in [0.2, 0.25) is 0 Å². The molecular formula is C19H27N5O4. The second kappa shape index (κ2) is 7.79. The van der Waals surface area contributed by atoms with Gasteiger partial charge in [-0.05, 0) is 32.9 Å². The lowest BCUT2D eigenvalue weighted by molar-refractivity contribution is 0.0635. The average molecular weight is 389 g/mol. The predicted molar refractivity (Wildman–Crippen MR) is 107 cm³/mol. The molecule has 152 valence electrons. The molecule has 0 spiro atoms. The number of amides is 3. The molecular weight excluding hydrogens is 362 g/mol. The number of hydrogen-bond donors (Lipinski definition) is 2. The normalized spacial score (nSPS) is 11.1. The van der Waals surface area contributed by atoms with Gasteiger partial charge in [0.15, 0.2) is 0 Å². The van der Waals surface area contributed by atoms with E-state index in [1.807, 2.05) is 0 Å². The molecule has 0 saturated carbocycles. The third kappa shape index (κ3) is 5.15. The Bertz CT molecular complexity index is 902. The first-order valence-corrected chi connectivity index (χ1v) is 8.73. The van der Waals surface area contributed by atoms with Crippen LogP contribution in [-0.4, -0.2) is 51.6 Å². The molecule has 0 radical (unpaired) electrons. The van der Waals surface area contributed by atoms with Crippen LogP contribution in [0.1, 0.15) is 41.7 Å². The summed E-state index contributed by atoms with van der Waals surface area (Å²) in [5.41, 5.74) is 1.13. The van der Waals surface area contributed by atoms with Gasteiger partial charge in [0.1, 0.15) is 17.0 Å². The van der Waals surface area contributed by atoms with Crippen LogP contribution in [0.25, 0.3) is 0 Å². The zero-order valence-corrected chi connectivity index (χ0v) is 17.3. The first-order valence-electron chi connectivity index (χ1n) is 8.73. The molecule has 0 saturated heterocycles. The molecule has 2 heterocycles. The highest BCUT2D eigenvalue weighted by Gasteiger charge is 2.19. The lowest BCUT2D eigenvalue weighted by Gasteiger charge is -2.19. The molecule has 0 aliphatic rings. The minimum Gasteiger partial charge on any atom is -0.444 e. The minimum absolute atomic E-state index is 0.161. The van der Waals surface area contributed by atoms with Gasteiger partial charge in [-0.15, -0.1) is 0 Å². The summed E-state index contributed by atoms with van der Waals surface area (Å²) < 4.78 is 8.45. The molecule has 0 fully saturated rings. The highest BCUT2D eigenvalue weighted by atomic mass is 16.6. The van der Waals surface area contributed by atoms with Gasteiger partial charge in [-0.3, -0.25) is 14.9 Å². The van der Waals surface area contributed by atoms with Crippen LogP contribution in [0.15, 0.2) is 24.5 Å². The van der Waals surface area contributed by atoms with Crippen molar-refractivity contribution < 1.29 is 19.1 Å². The van der Waals surface area contributed by atoms with E-state index in [0.717, 1.165) is 0 Å². The summed E-state index contributed by atoms with van der Waals surface area (Å²) in [6.07, 6.45) is 2.68. The van der Waals surface area contributed by atoms with Crippen LogP contribution in [0, 0.1) is 0 Å². The lowest BCUT2D eigenvalue weighted by atomic mass is 10.2. The van der Waals surface area contributed by atoms with E-state index in [2.05, 4.69) is 10.6 Å². The van der Waals surface area contributed by atoms with Gasteiger partial charge in [0.05, 0.1) is 11.4 Å². The van der Waals surface area contributed by atoms with Crippen molar-refractivity contribution >= 4 is 29.3 Å². The van der Waals surface area contributed by atoms with Crippen LogP contribution in [0.3, 0.4) is 0 Å². The first kappa shape index (κ1) is 21.1. The van der Waals surface area contributed by atoms with Crippen LogP contribution >= 0.6 is 0 Å². The van der Waals surface area contributed by atoms with E-state index in [1.54, 1.807) is 82.6 Å². The molecule has 0 aliphatic heterocycles. The number of aryl methyl sites for hydroxylation is 2. The third-order valence-corrected chi connectivity index (χ3v) is 3.77. The fraction of sp³-hybridized carbons (Fsp3) is 0.421. The Kier molecular flexibility index (Phi) is 5.86. The van der Waals surface area contributed by atoms with Crippen molar-refractivity contribution in [2.75, 3.05) is 24.7 Å². The van der Waals surface area contributed by atoms with Gasteiger partial charge in [0.25, 0.3) is 11.8 Å². The van der Waals surface area contributed by atoms with Gasteiger partial charge in [-0.1, -0.05) is 0 Å². The minimum atomic E-state index is -0.617. The molecule has 2 aromatic rings. The molecule has 0 atom stereocenters. The Morgan fingerprint density at radius 3 is 1.96 bits per heavy atom.